The molecule has 10 aromatic rings. The Morgan fingerprint density at radius 2 is 1.36 bits per heavy atom. The molecule has 10 rings (SSSR count). The fraction of sp³-hybridized carbons (Fsp3) is 0. The molecule has 0 bridgehead atoms. The van der Waals surface area contributed by atoms with Crippen molar-refractivity contribution in [2.24, 2.45) is 0 Å². The van der Waals surface area contributed by atoms with E-state index in [0.29, 0.717) is 51.1 Å². The Morgan fingerprint density at radius 1 is 0.556 bits per heavy atom. The van der Waals surface area contributed by atoms with Crippen molar-refractivity contribution >= 4 is 55.0 Å². The van der Waals surface area contributed by atoms with Gasteiger partial charge in [-0.3, -0.25) is 25.1 Å². The van der Waals surface area contributed by atoms with Crippen molar-refractivity contribution in [2.75, 3.05) is 0 Å². The van der Waals surface area contributed by atoms with Gasteiger partial charge in [-0.05, 0) is 42.5 Å². The van der Waals surface area contributed by atoms with E-state index in [1.165, 1.54) is 0 Å². The van der Waals surface area contributed by atoms with Gasteiger partial charge in [-0.2, -0.15) is 10.2 Å². The number of nitrogens with one attached hydrogen (secondary N) is 5. The molecule has 10 aromatic heterocycles. The zero-order valence-electron chi connectivity index (χ0n) is 23.0. The second-order valence-corrected chi connectivity index (χ2v) is 10.6. The maximum absolute atomic E-state index is 5.31. The minimum Gasteiger partial charge on any atom is -0.353 e. The van der Waals surface area contributed by atoms with Crippen LogP contribution in [0.3, 0.4) is 0 Å². The van der Waals surface area contributed by atoms with Crippen LogP contribution < -0.4 is 0 Å². The first-order valence-electron chi connectivity index (χ1n) is 14.0. The summed E-state index contributed by atoms with van der Waals surface area (Å²) in [5.74, 6) is 1.09. The standard InChI is InChI=1S/C31H18N14/c1-3-15-18(34-7-1)11-19(36-15)22-25-23(26(45-44-25)24-14-5-9-32-12-20(14)42-43-24)28(30-37-16-6-10-33-13-21(16)39-30)40-27(22)31-38-17-4-2-8-35-29(17)41-31/h1-13,36H,(H,37,39)(H,42,43)(H,44,45)(H,35,38,41). The molecule has 0 aromatic carbocycles. The number of aromatic amines is 5. The van der Waals surface area contributed by atoms with Crippen molar-refractivity contribution in [3.63, 3.8) is 0 Å². The van der Waals surface area contributed by atoms with Gasteiger partial charge in [0.25, 0.3) is 0 Å². The molecule has 0 radical (unpaired) electrons. The molecule has 0 amide bonds. The lowest BCUT2D eigenvalue weighted by molar-refractivity contribution is 1.08. The van der Waals surface area contributed by atoms with E-state index in [2.05, 4.69) is 50.2 Å². The Hall–Kier alpha value is -6.83. The minimum absolute atomic E-state index is 0.540. The van der Waals surface area contributed by atoms with Gasteiger partial charge in [-0.15, -0.1) is 0 Å². The van der Waals surface area contributed by atoms with Gasteiger partial charge >= 0.3 is 0 Å². The van der Waals surface area contributed by atoms with Gasteiger partial charge in [0, 0.05) is 30.2 Å². The molecule has 0 saturated carbocycles. The molecule has 0 unspecified atom stereocenters. The Balaban J connectivity index is 1.36. The van der Waals surface area contributed by atoms with E-state index in [0.717, 1.165) is 49.6 Å². The molecule has 14 nitrogen and oxygen atoms in total. The third-order valence-electron chi connectivity index (χ3n) is 7.95. The van der Waals surface area contributed by atoms with Crippen molar-refractivity contribution < 1.29 is 0 Å². The van der Waals surface area contributed by atoms with Gasteiger partial charge in [0.2, 0.25) is 0 Å². The Labute approximate surface area is 250 Å². The molecule has 0 aliphatic heterocycles. The van der Waals surface area contributed by atoms with Crippen molar-refractivity contribution in [2.45, 2.75) is 0 Å². The maximum atomic E-state index is 5.31. The molecule has 14 heteroatoms. The van der Waals surface area contributed by atoms with E-state index in [9.17, 15) is 0 Å². The highest BCUT2D eigenvalue weighted by Crippen LogP contribution is 2.43. The summed E-state index contributed by atoms with van der Waals surface area (Å²) < 4.78 is 0. The fourth-order valence-corrected chi connectivity index (χ4v) is 5.94. The Morgan fingerprint density at radius 3 is 2.27 bits per heavy atom. The number of pyridine rings is 5. The van der Waals surface area contributed by atoms with Crippen molar-refractivity contribution in [1.82, 2.24) is 70.2 Å². The lowest BCUT2D eigenvalue weighted by Crippen LogP contribution is -1.98. The summed E-state index contributed by atoms with van der Waals surface area (Å²) in [5, 5.41) is 17.5. The number of nitrogens with zero attached hydrogens (tertiary/aromatic N) is 9. The van der Waals surface area contributed by atoms with E-state index >= 15 is 0 Å². The van der Waals surface area contributed by atoms with Gasteiger partial charge in [-0.25, -0.2) is 19.9 Å². The number of hydrogen-bond donors (Lipinski definition) is 5. The minimum atomic E-state index is 0.540. The molecule has 0 saturated heterocycles. The zero-order chi connectivity index (χ0) is 29.5. The number of H-pyrrole nitrogens is 5. The van der Waals surface area contributed by atoms with Crippen LogP contribution in [0.2, 0.25) is 0 Å². The van der Waals surface area contributed by atoms with E-state index in [1.54, 1.807) is 37.2 Å². The Bertz CT molecular complexity index is 2640. The number of imidazole rings is 2. The maximum Gasteiger partial charge on any atom is 0.178 e. The second-order valence-electron chi connectivity index (χ2n) is 10.6. The molecular formula is C31H18N14. The Kier molecular flexibility index (Phi) is 4.66. The monoisotopic (exact) mass is 586 g/mol. The summed E-state index contributed by atoms with van der Waals surface area (Å²) in [7, 11) is 0. The molecular weight excluding hydrogens is 568 g/mol. The molecule has 0 fully saturated rings. The lowest BCUT2D eigenvalue weighted by Gasteiger charge is -2.11. The van der Waals surface area contributed by atoms with Crippen LogP contribution in [0.5, 0.6) is 0 Å². The first-order chi connectivity index (χ1) is 22.3. The van der Waals surface area contributed by atoms with Crippen molar-refractivity contribution in [1.29, 1.82) is 0 Å². The van der Waals surface area contributed by atoms with E-state index < -0.39 is 0 Å². The average Bonchev–Trinajstić information content (AvgIpc) is 3.91. The van der Waals surface area contributed by atoms with E-state index in [1.807, 2.05) is 42.5 Å². The first-order valence-corrected chi connectivity index (χ1v) is 14.0. The zero-order valence-corrected chi connectivity index (χ0v) is 23.0. The SMILES string of the molecule is c1cnc2cc(-c3c(-c4nc5ncccc5[nH]4)nc(-c4nc5cnccc5[nH]4)c4c(-c5n[nH]c6cnccc56)n[nH]c34)[nH]c2c1. The van der Waals surface area contributed by atoms with Gasteiger partial charge < -0.3 is 15.0 Å². The molecule has 212 valence electrons. The van der Waals surface area contributed by atoms with E-state index in [4.69, 9.17) is 20.1 Å². The van der Waals surface area contributed by atoms with Gasteiger partial charge in [0.05, 0.1) is 62.1 Å². The second kappa shape index (κ2) is 8.84. The van der Waals surface area contributed by atoms with Crippen molar-refractivity contribution in [3.8, 4) is 45.7 Å². The summed E-state index contributed by atoms with van der Waals surface area (Å²) in [5.41, 5.74) is 10.1. The highest BCUT2D eigenvalue weighted by Gasteiger charge is 2.28. The van der Waals surface area contributed by atoms with Gasteiger partial charge in [0.15, 0.2) is 17.3 Å². The van der Waals surface area contributed by atoms with Crippen LogP contribution in [0.15, 0.2) is 79.6 Å². The number of fused-ring (bicyclic) bond motifs is 5. The third kappa shape index (κ3) is 3.47. The summed E-state index contributed by atoms with van der Waals surface area (Å²) in [6.07, 6.45) is 10.4. The summed E-state index contributed by atoms with van der Waals surface area (Å²) in [6.45, 7) is 0. The van der Waals surface area contributed by atoms with Crippen LogP contribution in [-0.2, 0) is 0 Å². The van der Waals surface area contributed by atoms with Gasteiger partial charge in [0.1, 0.15) is 28.3 Å². The topological polar surface area (TPSA) is 195 Å². The smallest absolute Gasteiger partial charge is 0.178 e. The first kappa shape index (κ1) is 23.7. The van der Waals surface area contributed by atoms with Crippen LogP contribution in [0.4, 0.5) is 0 Å². The highest BCUT2D eigenvalue weighted by atomic mass is 15.2. The predicted octanol–water partition coefficient (Wildman–Crippen LogP) is 5.32. The lowest BCUT2D eigenvalue weighted by atomic mass is 10.0. The summed E-state index contributed by atoms with van der Waals surface area (Å²) in [6, 6.07) is 13.5. The largest absolute Gasteiger partial charge is 0.353 e. The number of rotatable bonds is 4. The molecule has 5 N–H and O–H groups in total. The highest BCUT2D eigenvalue weighted by molar-refractivity contribution is 6.13. The molecule has 45 heavy (non-hydrogen) atoms. The fourth-order valence-electron chi connectivity index (χ4n) is 5.94. The summed E-state index contributed by atoms with van der Waals surface area (Å²) in [4.78, 5) is 42.9. The third-order valence-corrected chi connectivity index (χ3v) is 7.95. The molecule has 0 spiro atoms. The number of hydrogen-bond acceptors (Lipinski definition) is 9. The van der Waals surface area contributed by atoms with Crippen LogP contribution >= 0.6 is 0 Å². The molecule has 0 atom stereocenters. The van der Waals surface area contributed by atoms with E-state index in [-0.39, 0.29) is 0 Å². The predicted molar refractivity (Wildman–Crippen MR) is 168 cm³/mol. The van der Waals surface area contributed by atoms with Crippen molar-refractivity contribution in [3.05, 3.63) is 79.6 Å². The van der Waals surface area contributed by atoms with Crippen LogP contribution in [0.1, 0.15) is 0 Å². The molecule has 0 aliphatic carbocycles. The average molecular weight is 587 g/mol. The van der Waals surface area contributed by atoms with Crippen LogP contribution in [0.25, 0.3) is 101 Å². The van der Waals surface area contributed by atoms with Crippen LogP contribution in [0, 0.1) is 0 Å². The summed E-state index contributed by atoms with van der Waals surface area (Å²) >= 11 is 0. The molecule has 0 aliphatic rings. The quantitative estimate of drug-likeness (QED) is 0.181. The number of aromatic nitrogens is 14. The normalized spacial score (nSPS) is 12.0. The van der Waals surface area contributed by atoms with Gasteiger partial charge in [-0.1, -0.05) is 0 Å². The molecule has 10 heterocycles. The van der Waals surface area contributed by atoms with Crippen LogP contribution in [-0.4, -0.2) is 70.2 Å².